The number of piperazine rings is 1. The molecule has 0 unspecified atom stereocenters. The SMILES string of the molecule is COc1cc(N2CCNCC2)c2c(c1)N(S(=O)(=O)c1ccc3c(c1)OCCO3)CCO2.Cl. The molecule has 0 aliphatic carbocycles. The first-order valence-corrected chi connectivity index (χ1v) is 11.7. The standard InChI is InChI=1S/C21H25N3O6S.ClH/c1-27-15-12-17(23-6-4-22-5-7-23)21-18(13-15)24(8-9-30-21)31(25,26)16-2-3-19-20(14-16)29-11-10-28-19;/h2-3,12-14,22H,4-11H2,1H3;1H. The van der Waals surface area contributed by atoms with Gasteiger partial charge in [-0.3, -0.25) is 4.31 Å². The minimum atomic E-state index is -3.85. The number of halogens is 1. The Labute approximate surface area is 193 Å². The van der Waals surface area contributed by atoms with Crippen LogP contribution in [0.4, 0.5) is 11.4 Å². The highest BCUT2D eigenvalue weighted by atomic mass is 35.5. The minimum Gasteiger partial charge on any atom is -0.497 e. The second-order valence-corrected chi connectivity index (χ2v) is 9.33. The Bertz CT molecular complexity index is 1090. The maximum Gasteiger partial charge on any atom is 0.264 e. The molecule has 3 aliphatic rings. The van der Waals surface area contributed by atoms with E-state index in [0.717, 1.165) is 31.9 Å². The van der Waals surface area contributed by atoms with Crippen LogP contribution in [0, 0.1) is 0 Å². The Kier molecular flexibility index (Phi) is 6.45. The molecule has 3 heterocycles. The van der Waals surface area contributed by atoms with Gasteiger partial charge in [0.2, 0.25) is 0 Å². The van der Waals surface area contributed by atoms with E-state index in [9.17, 15) is 8.42 Å². The van der Waals surface area contributed by atoms with Gasteiger partial charge >= 0.3 is 0 Å². The van der Waals surface area contributed by atoms with Crippen molar-refractivity contribution < 1.29 is 27.4 Å². The van der Waals surface area contributed by atoms with Gasteiger partial charge in [0, 0.05) is 44.4 Å². The molecular formula is C21H26ClN3O6S. The zero-order valence-corrected chi connectivity index (χ0v) is 19.3. The molecule has 3 aliphatic heterocycles. The summed E-state index contributed by atoms with van der Waals surface area (Å²) in [6.07, 6.45) is 0. The molecule has 0 atom stereocenters. The highest BCUT2D eigenvalue weighted by Crippen LogP contribution is 2.46. The normalized spacial score (nSPS) is 17.7. The van der Waals surface area contributed by atoms with Crippen LogP contribution in [0.2, 0.25) is 0 Å². The molecule has 1 fully saturated rings. The Morgan fingerprint density at radius 1 is 0.906 bits per heavy atom. The lowest BCUT2D eigenvalue weighted by Gasteiger charge is -2.36. The summed E-state index contributed by atoms with van der Waals surface area (Å²) in [5.74, 6) is 2.14. The van der Waals surface area contributed by atoms with E-state index in [2.05, 4.69) is 10.2 Å². The predicted molar refractivity (Wildman–Crippen MR) is 123 cm³/mol. The summed E-state index contributed by atoms with van der Waals surface area (Å²) in [5, 5.41) is 3.33. The number of sulfonamides is 1. The summed E-state index contributed by atoms with van der Waals surface area (Å²) >= 11 is 0. The van der Waals surface area contributed by atoms with E-state index in [1.807, 2.05) is 6.07 Å². The number of methoxy groups -OCH3 is 1. The highest BCUT2D eigenvalue weighted by molar-refractivity contribution is 7.92. The van der Waals surface area contributed by atoms with Gasteiger partial charge in [0.15, 0.2) is 17.2 Å². The van der Waals surface area contributed by atoms with Gasteiger partial charge in [-0.05, 0) is 12.1 Å². The number of benzene rings is 2. The number of anilines is 2. The molecule has 0 spiro atoms. The monoisotopic (exact) mass is 483 g/mol. The largest absolute Gasteiger partial charge is 0.497 e. The zero-order chi connectivity index (χ0) is 21.4. The molecule has 0 radical (unpaired) electrons. The number of nitrogens with one attached hydrogen (secondary N) is 1. The third-order valence-corrected chi connectivity index (χ3v) is 7.44. The number of ether oxygens (including phenoxy) is 4. The van der Waals surface area contributed by atoms with Crippen molar-refractivity contribution in [3.63, 3.8) is 0 Å². The van der Waals surface area contributed by atoms with E-state index in [0.29, 0.717) is 41.9 Å². The van der Waals surface area contributed by atoms with Crippen molar-refractivity contribution in [1.82, 2.24) is 5.32 Å². The Balaban J connectivity index is 0.00000245. The van der Waals surface area contributed by atoms with Gasteiger partial charge in [-0.2, -0.15) is 0 Å². The summed E-state index contributed by atoms with van der Waals surface area (Å²) in [6, 6.07) is 8.34. The van der Waals surface area contributed by atoms with E-state index >= 15 is 0 Å². The van der Waals surface area contributed by atoms with Crippen LogP contribution >= 0.6 is 12.4 Å². The second kappa shape index (κ2) is 9.13. The molecule has 2 aromatic rings. The van der Waals surface area contributed by atoms with Gasteiger partial charge in [0.25, 0.3) is 10.0 Å². The fourth-order valence-electron chi connectivity index (χ4n) is 4.08. The predicted octanol–water partition coefficient (Wildman–Crippen LogP) is 1.89. The van der Waals surface area contributed by atoms with Crippen molar-refractivity contribution in [2.75, 3.05) is 68.9 Å². The number of hydrogen-bond acceptors (Lipinski definition) is 8. The van der Waals surface area contributed by atoms with Crippen LogP contribution in [0.15, 0.2) is 35.2 Å². The van der Waals surface area contributed by atoms with Gasteiger partial charge in [-0.25, -0.2) is 8.42 Å². The molecule has 174 valence electrons. The van der Waals surface area contributed by atoms with Crippen molar-refractivity contribution in [3.05, 3.63) is 30.3 Å². The summed E-state index contributed by atoms with van der Waals surface area (Å²) in [6.45, 7) is 4.62. The van der Waals surface area contributed by atoms with Crippen molar-refractivity contribution in [1.29, 1.82) is 0 Å². The number of hydrogen-bond donors (Lipinski definition) is 1. The summed E-state index contributed by atoms with van der Waals surface area (Å²) in [4.78, 5) is 2.34. The van der Waals surface area contributed by atoms with Crippen LogP contribution < -0.4 is 33.5 Å². The zero-order valence-electron chi connectivity index (χ0n) is 17.7. The Morgan fingerprint density at radius 2 is 1.62 bits per heavy atom. The first-order valence-electron chi connectivity index (χ1n) is 10.3. The smallest absolute Gasteiger partial charge is 0.264 e. The van der Waals surface area contributed by atoms with Gasteiger partial charge < -0.3 is 29.2 Å². The number of fused-ring (bicyclic) bond motifs is 2. The van der Waals surface area contributed by atoms with Crippen molar-refractivity contribution in [2.24, 2.45) is 0 Å². The minimum absolute atomic E-state index is 0. The van der Waals surface area contributed by atoms with E-state index in [1.165, 1.54) is 10.4 Å². The molecule has 11 heteroatoms. The Hall–Kier alpha value is -2.56. The topological polar surface area (TPSA) is 89.6 Å². The average molecular weight is 484 g/mol. The lowest BCUT2D eigenvalue weighted by molar-refractivity contribution is 0.171. The van der Waals surface area contributed by atoms with Gasteiger partial charge in [-0.15, -0.1) is 12.4 Å². The van der Waals surface area contributed by atoms with Crippen molar-refractivity contribution >= 4 is 33.8 Å². The molecule has 9 nitrogen and oxygen atoms in total. The average Bonchev–Trinajstić information content (AvgIpc) is 2.83. The summed E-state index contributed by atoms with van der Waals surface area (Å²) < 4.78 is 51.3. The first kappa shape index (κ1) is 22.6. The number of rotatable bonds is 4. The molecule has 2 aromatic carbocycles. The molecule has 32 heavy (non-hydrogen) atoms. The summed E-state index contributed by atoms with van der Waals surface area (Å²) in [7, 11) is -2.27. The maximum absolute atomic E-state index is 13.6. The molecule has 0 aromatic heterocycles. The fourth-order valence-corrected chi connectivity index (χ4v) is 5.54. The quantitative estimate of drug-likeness (QED) is 0.705. The lowest BCUT2D eigenvalue weighted by Crippen LogP contribution is -2.44. The Morgan fingerprint density at radius 3 is 2.38 bits per heavy atom. The van der Waals surface area contributed by atoms with E-state index in [4.69, 9.17) is 18.9 Å². The fraction of sp³-hybridized carbons (Fsp3) is 0.429. The lowest BCUT2D eigenvalue weighted by atomic mass is 10.1. The number of nitrogens with zero attached hydrogens (tertiary/aromatic N) is 2. The van der Waals surface area contributed by atoms with Crippen LogP contribution in [0.5, 0.6) is 23.0 Å². The highest BCUT2D eigenvalue weighted by Gasteiger charge is 2.34. The van der Waals surface area contributed by atoms with Gasteiger partial charge in [0.1, 0.15) is 25.6 Å². The van der Waals surface area contributed by atoms with Crippen LogP contribution in [0.3, 0.4) is 0 Å². The molecular weight excluding hydrogens is 458 g/mol. The van der Waals surface area contributed by atoms with Crippen molar-refractivity contribution in [3.8, 4) is 23.0 Å². The van der Waals surface area contributed by atoms with E-state index < -0.39 is 10.0 Å². The third-order valence-electron chi connectivity index (χ3n) is 5.63. The molecule has 0 bridgehead atoms. The molecule has 5 rings (SSSR count). The maximum atomic E-state index is 13.6. The van der Waals surface area contributed by atoms with Crippen LogP contribution in [0.1, 0.15) is 0 Å². The molecule has 0 amide bonds. The van der Waals surface area contributed by atoms with E-state index in [-0.39, 0.29) is 30.5 Å². The molecule has 1 N–H and O–H groups in total. The van der Waals surface area contributed by atoms with Crippen LogP contribution in [0.25, 0.3) is 0 Å². The second-order valence-electron chi connectivity index (χ2n) is 7.46. The van der Waals surface area contributed by atoms with Crippen molar-refractivity contribution in [2.45, 2.75) is 4.90 Å². The van der Waals surface area contributed by atoms with E-state index in [1.54, 1.807) is 25.3 Å². The van der Waals surface area contributed by atoms with Crippen LogP contribution in [-0.4, -0.2) is 68.1 Å². The third kappa shape index (κ3) is 3.98. The van der Waals surface area contributed by atoms with Crippen LogP contribution in [-0.2, 0) is 10.0 Å². The first-order chi connectivity index (χ1) is 15.1. The van der Waals surface area contributed by atoms with Gasteiger partial charge in [0.05, 0.1) is 29.9 Å². The van der Waals surface area contributed by atoms with Gasteiger partial charge in [-0.1, -0.05) is 0 Å². The molecule has 0 saturated carbocycles. The summed E-state index contributed by atoms with van der Waals surface area (Å²) in [5.41, 5.74) is 1.33. The molecule has 1 saturated heterocycles.